The number of sulfonamides is 1. The SMILES string of the molecule is O=C(OC(c1ccccc1)C1CC1(NS(=O)(=O)c1ccc(-c2cc(C(F)(F)F)on2)s1)C(=O)O)N1CCOCC1. The molecule has 0 spiro atoms. The first-order valence-electron chi connectivity index (χ1n) is 11.9. The third-order valence-electron chi connectivity index (χ3n) is 6.59. The molecule has 40 heavy (non-hydrogen) atoms. The molecule has 1 aromatic carbocycles. The molecule has 2 aliphatic rings. The normalized spacial score (nSPS) is 22.1. The van der Waals surface area contributed by atoms with E-state index in [9.17, 15) is 36.3 Å². The van der Waals surface area contributed by atoms with Crippen molar-refractivity contribution in [3.63, 3.8) is 0 Å². The lowest BCUT2D eigenvalue weighted by Gasteiger charge is -2.29. The molecular weight excluding hydrogens is 579 g/mol. The Hall–Kier alpha value is -3.47. The van der Waals surface area contributed by atoms with Gasteiger partial charge in [0.25, 0.3) is 10.0 Å². The molecular formula is C24H22F3N3O8S2. The summed E-state index contributed by atoms with van der Waals surface area (Å²) in [6.45, 7) is 1.22. The molecule has 3 heterocycles. The first-order valence-corrected chi connectivity index (χ1v) is 14.2. The second-order valence-corrected chi connectivity index (χ2v) is 12.2. The number of thiophene rings is 1. The number of aliphatic carboxylic acids is 1. The quantitative estimate of drug-likeness (QED) is 0.394. The average Bonchev–Trinajstić information content (AvgIpc) is 3.28. The molecule has 1 aliphatic heterocycles. The third-order valence-corrected chi connectivity index (χ3v) is 9.70. The average molecular weight is 602 g/mol. The van der Waals surface area contributed by atoms with Gasteiger partial charge in [-0.15, -0.1) is 11.3 Å². The fourth-order valence-electron chi connectivity index (χ4n) is 4.43. The summed E-state index contributed by atoms with van der Waals surface area (Å²) >= 11 is 0.595. The predicted molar refractivity (Wildman–Crippen MR) is 132 cm³/mol. The Morgan fingerprint density at radius 1 is 1.18 bits per heavy atom. The number of carboxylic acid groups (broad SMARTS) is 1. The lowest BCUT2D eigenvalue weighted by atomic mass is 10.0. The van der Waals surface area contributed by atoms with Gasteiger partial charge in [0.2, 0.25) is 5.76 Å². The van der Waals surface area contributed by atoms with Crippen molar-refractivity contribution in [3.8, 4) is 10.6 Å². The number of aromatic nitrogens is 1. The molecule has 3 aromatic rings. The van der Waals surface area contributed by atoms with Gasteiger partial charge in [0.15, 0.2) is 0 Å². The van der Waals surface area contributed by atoms with Crippen molar-refractivity contribution in [2.75, 3.05) is 26.3 Å². The molecule has 3 atom stereocenters. The van der Waals surface area contributed by atoms with Crippen LogP contribution in [0, 0.1) is 5.92 Å². The van der Waals surface area contributed by atoms with Crippen molar-refractivity contribution in [3.05, 3.63) is 59.9 Å². The van der Waals surface area contributed by atoms with Gasteiger partial charge in [-0.3, -0.25) is 4.79 Å². The Morgan fingerprint density at radius 3 is 2.50 bits per heavy atom. The van der Waals surface area contributed by atoms with Crippen LogP contribution < -0.4 is 4.72 Å². The molecule has 1 aliphatic carbocycles. The summed E-state index contributed by atoms with van der Waals surface area (Å²) < 4.78 is 82.3. The second-order valence-electron chi connectivity index (χ2n) is 9.20. The maximum absolute atomic E-state index is 13.3. The topological polar surface area (TPSA) is 148 Å². The number of hydrogen-bond donors (Lipinski definition) is 2. The number of carbonyl (C=O) groups is 2. The highest BCUT2D eigenvalue weighted by Gasteiger charge is 2.67. The van der Waals surface area contributed by atoms with E-state index in [-0.39, 0.29) is 21.2 Å². The molecule has 1 saturated carbocycles. The monoisotopic (exact) mass is 601 g/mol. The zero-order valence-electron chi connectivity index (χ0n) is 20.5. The Morgan fingerprint density at radius 2 is 1.88 bits per heavy atom. The summed E-state index contributed by atoms with van der Waals surface area (Å²) in [4.78, 5) is 26.8. The van der Waals surface area contributed by atoms with Crippen LogP contribution >= 0.6 is 11.3 Å². The summed E-state index contributed by atoms with van der Waals surface area (Å²) in [7, 11) is -4.47. The summed E-state index contributed by atoms with van der Waals surface area (Å²) in [6, 6.07) is 11.4. The standard InChI is InChI=1S/C24H22F3N3O8S2/c25-24(26,27)18-12-16(28-38-18)17-6-7-19(39-17)40(34,35)29-23(21(31)32)13-15(23)20(14-4-2-1-3-5-14)37-22(33)30-8-10-36-11-9-30/h1-7,12,15,20,29H,8-11,13H2,(H,31,32). The number of nitrogens with zero attached hydrogens (tertiary/aromatic N) is 2. The van der Waals surface area contributed by atoms with Crippen LogP contribution in [0.5, 0.6) is 0 Å². The number of morpholine rings is 1. The van der Waals surface area contributed by atoms with Crippen LogP contribution in [0.1, 0.15) is 23.8 Å². The second kappa shape index (κ2) is 10.5. The van der Waals surface area contributed by atoms with Crippen LogP contribution in [0.3, 0.4) is 0 Å². The van der Waals surface area contributed by atoms with Gasteiger partial charge in [0, 0.05) is 25.1 Å². The number of nitrogens with one attached hydrogen (secondary N) is 1. The Kier molecular flexibility index (Phi) is 7.37. The number of rotatable bonds is 8. The van der Waals surface area contributed by atoms with Gasteiger partial charge in [-0.05, 0) is 24.1 Å². The first kappa shape index (κ1) is 28.1. The fraction of sp³-hybridized carbons (Fsp3) is 0.375. The summed E-state index contributed by atoms with van der Waals surface area (Å²) in [5.74, 6) is -3.76. The molecule has 5 rings (SSSR count). The van der Waals surface area contributed by atoms with E-state index in [0.29, 0.717) is 49.3 Å². The Balaban J connectivity index is 1.38. The van der Waals surface area contributed by atoms with Crippen LogP contribution in [0.25, 0.3) is 10.6 Å². The van der Waals surface area contributed by atoms with Crippen molar-refractivity contribution in [1.82, 2.24) is 14.8 Å². The molecule has 0 radical (unpaired) electrons. The maximum atomic E-state index is 13.3. The summed E-state index contributed by atoms with van der Waals surface area (Å²) in [5.41, 5.74) is -1.73. The third kappa shape index (κ3) is 5.56. The molecule has 2 aromatic heterocycles. The number of benzene rings is 1. The molecule has 1 saturated heterocycles. The lowest BCUT2D eigenvalue weighted by Crippen LogP contribution is -2.46. The van der Waals surface area contributed by atoms with E-state index in [2.05, 4.69) is 14.4 Å². The lowest BCUT2D eigenvalue weighted by molar-refractivity contribution is -0.155. The van der Waals surface area contributed by atoms with Crippen molar-refractivity contribution in [2.24, 2.45) is 5.92 Å². The van der Waals surface area contributed by atoms with Crippen molar-refractivity contribution in [1.29, 1.82) is 0 Å². The zero-order valence-corrected chi connectivity index (χ0v) is 22.1. The smallest absolute Gasteiger partial charge is 0.452 e. The highest BCUT2D eigenvalue weighted by Crippen LogP contribution is 2.54. The van der Waals surface area contributed by atoms with Gasteiger partial charge in [0.05, 0.1) is 18.1 Å². The van der Waals surface area contributed by atoms with Crippen LogP contribution in [0.15, 0.2) is 57.3 Å². The number of alkyl halides is 3. The van der Waals surface area contributed by atoms with Crippen LogP contribution in [0.2, 0.25) is 0 Å². The number of ether oxygens (including phenoxy) is 2. The number of carbonyl (C=O) groups excluding carboxylic acids is 1. The largest absolute Gasteiger partial charge is 0.480 e. The molecule has 214 valence electrons. The minimum Gasteiger partial charge on any atom is -0.480 e. The van der Waals surface area contributed by atoms with Gasteiger partial charge >= 0.3 is 18.2 Å². The van der Waals surface area contributed by atoms with E-state index in [1.54, 1.807) is 30.3 Å². The van der Waals surface area contributed by atoms with E-state index >= 15 is 0 Å². The Labute approximate surface area is 229 Å². The first-order chi connectivity index (χ1) is 18.9. The number of halogens is 3. The molecule has 16 heteroatoms. The maximum Gasteiger partial charge on any atom is 0.452 e. The minimum absolute atomic E-state index is 0.0675. The Bertz CT molecular complexity index is 1500. The highest BCUT2D eigenvalue weighted by atomic mass is 32.2. The molecule has 11 nitrogen and oxygen atoms in total. The molecule has 2 N–H and O–H groups in total. The van der Waals surface area contributed by atoms with Gasteiger partial charge in [-0.1, -0.05) is 35.5 Å². The van der Waals surface area contributed by atoms with Gasteiger partial charge in [0.1, 0.15) is 21.5 Å². The summed E-state index contributed by atoms with van der Waals surface area (Å²) in [5, 5.41) is 13.4. The zero-order chi connectivity index (χ0) is 28.7. The van der Waals surface area contributed by atoms with Gasteiger partial charge < -0.3 is 24.0 Å². The van der Waals surface area contributed by atoms with Crippen LogP contribution in [0.4, 0.5) is 18.0 Å². The van der Waals surface area contributed by atoms with Crippen molar-refractivity contribution >= 4 is 33.4 Å². The van der Waals surface area contributed by atoms with E-state index < -0.39 is 51.6 Å². The molecule has 2 fully saturated rings. The van der Waals surface area contributed by atoms with E-state index in [1.807, 2.05) is 0 Å². The van der Waals surface area contributed by atoms with Crippen molar-refractivity contribution < 1.29 is 50.3 Å². The number of amides is 1. The highest BCUT2D eigenvalue weighted by molar-refractivity contribution is 7.91. The van der Waals surface area contributed by atoms with Crippen molar-refractivity contribution in [2.45, 2.75) is 28.4 Å². The molecule has 3 unspecified atom stereocenters. The van der Waals surface area contributed by atoms with Crippen LogP contribution in [-0.4, -0.2) is 67.5 Å². The van der Waals surface area contributed by atoms with Crippen LogP contribution in [-0.2, 0) is 30.5 Å². The number of carboxylic acids is 1. The fourth-order valence-corrected chi connectivity index (χ4v) is 7.10. The minimum atomic E-state index is -4.77. The van der Waals surface area contributed by atoms with E-state index in [0.717, 1.165) is 6.07 Å². The summed E-state index contributed by atoms with van der Waals surface area (Å²) in [6.07, 6.45) is -6.70. The molecule has 1 amide bonds. The number of hydrogen-bond acceptors (Lipinski definition) is 9. The predicted octanol–water partition coefficient (Wildman–Crippen LogP) is 3.75. The van der Waals surface area contributed by atoms with Gasteiger partial charge in [-0.2, -0.15) is 17.9 Å². The van der Waals surface area contributed by atoms with Gasteiger partial charge in [-0.25, -0.2) is 13.2 Å². The molecule has 0 bridgehead atoms. The van der Waals surface area contributed by atoms with E-state index in [4.69, 9.17) is 9.47 Å². The van der Waals surface area contributed by atoms with E-state index in [1.165, 1.54) is 11.0 Å².